The number of rotatable bonds is 1. The zero-order chi connectivity index (χ0) is 9.42. The fourth-order valence-corrected chi connectivity index (χ4v) is 1.63. The summed E-state index contributed by atoms with van der Waals surface area (Å²) in [4.78, 5) is 0. The minimum absolute atomic E-state index is 0.0457. The summed E-state index contributed by atoms with van der Waals surface area (Å²) in [7, 11) is 0. The minimum atomic E-state index is -0.204. The van der Waals surface area contributed by atoms with E-state index in [1.54, 1.807) is 6.07 Å². The van der Waals surface area contributed by atoms with E-state index in [9.17, 15) is 4.39 Å². The van der Waals surface area contributed by atoms with E-state index >= 15 is 0 Å². The Morgan fingerprint density at radius 2 is 2.38 bits per heavy atom. The van der Waals surface area contributed by atoms with Gasteiger partial charge in [-0.15, -0.1) is 6.58 Å². The van der Waals surface area contributed by atoms with Gasteiger partial charge in [-0.2, -0.15) is 0 Å². The van der Waals surface area contributed by atoms with Crippen molar-refractivity contribution >= 4 is 12.4 Å². The van der Waals surface area contributed by atoms with Gasteiger partial charge >= 0.3 is 6.92 Å². The first-order valence-corrected chi connectivity index (χ1v) is 4.24. The molecule has 1 aromatic rings. The van der Waals surface area contributed by atoms with Gasteiger partial charge < -0.3 is 4.65 Å². The van der Waals surface area contributed by atoms with Crippen molar-refractivity contribution in [2.45, 2.75) is 13.5 Å². The Hall–Kier alpha value is -1.09. The Morgan fingerprint density at radius 3 is 3.08 bits per heavy atom. The molecule has 0 radical (unpaired) electrons. The Morgan fingerprint density at radius 1 is 1.62 bits per heavy atom. The van der Waals surface area contributed by atoms with Crippen molar-refractivity contribution in [2.24, 2.45) is 0 Å². The van der Waals surface area contributed by atoms with Crippen LogP contribution < -0.4 is 5.46 Å². The number of benzene rings is 1. The summed E-state index contributed by atoms with van der Waals surface area (Å²) in [6.45, 7) is 6.20. The van der Waals surface area contributed by atoms with Gasteiger partial charge in [-0.3, -0.25) is 0 Å². The number of allylic oxidation sites excluding steroid dienone is 1. The predicted octanol–water partition coefficient (Wildman–Crippen LogP) is 1.67. The lowest BCUT2D eigenvalue weighted by atomic mass is 9.56. The lowest BCUT2D eigenvalue weighted by molar-refractivity contribution is 0.334. The van der Waals surface area contributed by atoms with E-state index in [1.165, 1.54) is 12.1 Å². The van der Waals surface area contributed by atoms with Crippen LogP contribution in [0.25, 0.3) is 0 Å². The van der Waals surface area contributed by atoms with E-state index < -0.39 is 0 Å². The average Bonchev–Trinajstić information content (AvgIpc) is 2.46. The summed E-state index contributed by atoms with van der Waals surface area (Å²) in [6.07, 6.45) is 0. The van der Waals surface area contributed by atoms with Crippen LogP contribution in [0.4, 0.5) is 4.39 Å². The van der Waals surface area contributed by atoms with Crippen LogP contribution in [0.2, 0.25) is 0 Å². The summed E-state index contributed by atoms with van der Waals surface area (Å²) in [5.74, 6) is -0.204. The van der Waals surface area contributed by atoms with Crippen LogP contribution in [0.3, 0.4) is 0 Å². The van der Waals surface area contributed by atoms with Crippen LogP contribution in [0.1, 0.15) is 12.5 Å². The van der Waals surface area contributed by atoms with E-state index in [1.807, 2.05) is 6.92 Å². The summed E-state index contributed by atoms with van der Waals surface area (Å²) in [6, 6.07) is 4.76. The first-order chi connectivity index (χ1) is 6.18. The molecule has 1 aliphatic heterocycles. The third-order valence-corrected chi connectivity index (χ3v) is 2.24. The molecule has 1 aliphatic rings. The van der Waals surface area contributed by atoms with Crippen LogP contribution >= 0.6 is 0 Å². The van der Waals surface area contributed by atoms with Crippen LogP contribution in [0, 0.1) is 5.82 Å². The third-order valence-electron chi connectivity index (χ3n) is 2.24. The molecule has 0 atom stereocenters. The summed E-state index contributed by atoms with van der Waals surface area (Å²) < 4.78 is 18.3. The first-order valence-electron chi connectivity index (χ1n) is 4.24. The molecule has 13 heavy (non-hydrogen) atoms. The molecule has 0 N–H and O–H groups in total. The van der Waals surface area contributed by atoms with Crippen molar-refractivity contribution in [2.75, 3.05) is 0 Å². The molecule has 1 nitrogen and oxygen atoms in total. The fraction of sp³-hybridized carbons (Fsp3) is 0.200. The van der Waals surface area contributed by atoms with Crippen molar-refractivity contribution in [3.8, 4) is 0 Å². The number of fused-ring (bicyclic) bond motifs is 1. The van der Waals surface area contributed by atoms with Crippen LogP contribution in [0.5, 0.6) is 0 Å². The summed E-state index contributed by atoms with van der Waals surface area (Å²) in [5, 5.41) is 0. The van der Waals surface area contributed by atoms with Crippen LogP contribution in [-0.2, 0) is 11.3 Å². The van der Waals surface area contributed by atoms with Crippen molar-refractivity contribution in [1.29, 1.82) is 0 Å². The van der Waals surface area contributed by atoms with Crippen molar-refractivity contribution in [1.82, 2.24) is 0 Å². The highest BCUT2D eigenvalue weighted by Gasteiger charge is 2.28. The molecule has 0 spiro atoms. The van der Waals surface area contributed by atoms with Gasteiger partial charge in [0.1, 0.15) is 5.82 Å². The van der Waals surface area contributed by atoms with Gasteiger partial charge in [-0.1, -0.05) is 11.5 Å². The lowest BCUT2D eigenvalue weighted by Gasteiger charge is -2.04. The maximum absolute atomic E-state index is 12.8. The minimum Gasteiger partial charge on any atom is -0.423 e. The lowest BCUT2D eigenvalue weighted by Crippen LogP contribution is -2.29. The van der Waals surface area contributed by atoms with Gasteiger partial charge in [0.25, 0.3) is 0 Å². The fourth-order valence-electron chi connectivity index (χ4n) is 1.63. The van der Waals surface area contributed by atoms with Gasteiger partial charge in [0.15, 0.2) is 0 Å². The molecular formula is C10H10BFO. The Balaban J connectivity index is 2.44. The molecule has 0 amide bonds. The number of halogens is 1. The van der Waals surface area contributed by atoms with E-state index in [4.69, 9.17) is 4.65 Å². The largest absolute Gasteiger partial charge is 0.423 e. The van der Waals surface area contributed by atoms with Crippen molar-refractivity contribution in [3.63, 3.8) is 0 Å². The summed E-state index contributed by atoms with van der Waals surface area (Å²) in [5.41, 5.74) is 2.95. The number of hydrogen-bond donors (Lipinski definition) is 0. The zero-order valence-corrected chi connectivity index (χ0v) is 7.51. The third kappa shape index (κ3) is 1.40. The Labute approximate surface area is 77.3 Å². The highest BCUT2D eigenvalue weighted by molar-refractivity contribution is 6.75. The standard InChI is InChI=1S/C10H10BFO/c1-7(2)11-10-4-3-9(12)5-8(10)6-13-11/h3-5H,1,6H2,2H3. The maximum Gasteiger partial charge on any atom is 0.357 e. The van der Waals surface area contributed by atoms with Gasteiger partial charge in [0.2, 0.25) is 0 Å². The predicted molar refractivity (Wildman–Crippen MR) is 51.4 cm³/mol. The zero-order valence-electron chi connectivity index (χ0n) is 7.51. The normalized spacial score (nSPS) is 14.5. The molecule has 0 fully saturated rings. The second kappa shape index (κ2) is 3.00. The molecular weight excluding hydrogens is 166 g/mol. The highest BCUT2D eigenvalue weighted by atomic mass is 19.1. The molecule has 0 unspecified atom stereocenters. The smallest absolute Gasteiger partial charge is 0.357 e. The van der Waals surface area contributed by atoms with Gasteiger partial charge in [0.05, 0.1) is 6.61 Å². The maximum atomic E-state index is 12.8. The molecule has 0 saturated heterocycles. The van der Waals surface area contributed by atoms with Crippen LogP contribution in [-0.4, -0.2) is 6.92 Å². The Kier molecular flexibility index (Phi) is 1.96. The second-order valence-electron chi connectivity index (χ2n) is 3.38. The van der Waals surface area contributed by atoms with Gasteiger partial charge in [0, 0.05) is 0 Å². The highest BCUT2D eigenvalue weighted by Crippen LogP contribution is 2.15. The molecule has 66 valence electrons. The molecule has 0 aliphatic carbocycles. The second-order valence-corrected chi connectivity index (χ2v) is 3.38. The van der Waals surface area contributed by atoms with Crippen LogP contribution in [0.15, 0.2) is 30.3 Å². The van der Waals surface area contributed by atoms with E-state index in [0.717, 1.165) is 16.5 Å². The van der Waals surface area contributed by atoms with Gasteiger partial charge in [-0.05, 0) is 30.1 Å². The van der Waals surface area contributed by atoms with Crippen molar-refractivity contribution < 1.29 is 9.04 Å². The van der Waals surface area contributed by atoms with E-state index in [0.29, 0.717) is 6.61 Å². The van der Waals surface area contributed by atoms with Crippen molar-refractivity contribution in [3.05, 3.63) is 41.6 Å². The average molecular weight is 176 g/mol. The molecule has 0 saturated carbocycles. The molecule has 1 aromatic carbocycles. The Bertz CT molecular complexity index is 362. The van der Waals surface area contributed by atoms with Gasteiger partial charge in [-0.25, -0.2) is 4.39 Å². The van der Waals surface area contributed by atoms with E-state index in [2.05, 4.69) is 6.58 Å². The first kappa shape index (κ1) is 8.51. The molecule has 3 heteroatoms. The molecule has 0 aromatic heterocycles. The SMILES string of the molecule is C=C(C)B1OCc2cc(F)ccc21. The number of hydrogen-bond acceptors (Lipinski definition) is 1. The molecule has 0 bridgehead atoms. The quantitative estimate of drug-likeness (QED) is 0.591. The summed E-state index contributed by atoms with van der Waals surface area (Å²) >= 11 is 0. The molecule has 2 rings (SSSR count). The monoisotopic (exact) mass is 176 g/mol. The van der Waals surface area contributed by atoms with E-state index in [-0.39, 0.29) is 12.7 Å². The topological polar surface area (TPSA) is 9.23 Å². The molecule has 1 heterocycles.